The van der Waals surface area contributed by atoms with E-state index in [1.54, 1.807) is 0 Å². The van der Waals surface area contributed by atoms with Gasteiger partial charge in [0.25, 0.3) is 0 Å². The number of hydrogen-bond acceptors (Lipinski definition) is 1. The fourth-order valence-electron chi connectivity index (χ4n) is 2.16. The molecule has 0 aromatic heterocycles. The van der Waals surface area contributed by atoms with Crippen LogP contribution in [-0.2, 0) is 10.2 Å². The van der Waals surface area contributed by atoms with Crippen LogP contribution in [0.2, 0.25) is 0 Å². The van der Waals surface area contributed by atoms with Crippen LogP contribution in [0.4, 0.5) is 0 Å². The maximum Gasteiger partial charge on any atom is 0.142 e. The largest absolute Gasteiger partial charge is 0.299 e. The van der Waals surface area contributed by atoms with Crippen molar-refractivity contribution in [3.63, 3.8) is 0 Å². The summed E-state index contributed by atoms with van der Waals surface area (Å²) in [5.74, 6) is 0.363. The normalized spacial score (nSPS) is 11.6. The predicted molar refractivity (Wildman–Crippen MR) is 78.0 cm³/mol. The molecule has 18 heavy (non-hydrogen) atoms. The van der Waals surface area contributed by atoms with Gasteiger partial charge in [-0.3, -0.25) is 4.79 Å². The van der Waals surface area contributed by atoms with Crippen molar-refractivity contribution in [2.45, 2.75) is 65.2 Å². The van der Waals surface area contributed by atoms with Crippen molar-refractivity contribution in [1.29, 1.82) is 0 Å². The van der Waals surface area contributed by atoms with Gasteiger partial charge in [-0.25, -0.2) is 0 Å². The fourth-order valence-corrected chi connectivity index (χ4v) is 2.16. The molecule has 0 bridgehead atoms. The highest BCUT2D eigenvalue weighted by atomic mass is 16.1. The molecular formula is C17H26O. The first-order chi connectivity index (χ1) is 8.48. The van der Waals surface area contributed by atoms with Crippen LogP contribution >= 0.6 is 0 Å². The Morgan fingerprint density at radius 2 is 1.67 bits per heavy atom. The molecule has 0 unspecified atom stereocenters. The van der Waals surface area contributed by atoms with Gasteiger partial charge in [0.1, 0.15) is 5.78 Å². The van der Waals surface area contributed by atoms with E-state index in [1.165, 1.54) is 24.8 Å². The Kier molecular flexibility index (Phi) is 5.58. The minimum absolute atomic E-state index is 0.347. The molecule has 1 aromatic rings. The van der Waals surface area contributed by atoms with E-state index < -0.39 is 0 Å². The summed E-state index contributed by atoms with van der Waals surface area (Å²) in [5, 5.41) is 0. The summed E-state index contributed by atoms with van der Waals surface area (Å²) in [6.45, 7) is 8.35. The fraction of sp³-hybridized carbons (Fsp3) is 0.588. The molecule has 100 valence electrons. The summed E-state index contributed by atoms with van der Waals surface area (Å²) in [5.41, 5.74) is 2.03. The van der Waals surface area contributed by atoms with Crippen molar-refractivity contribution < 1.29 is 4.79 Å². The molecule has 0 fully saturated rings. The molecule has 0 aliphatic rings. The highest BCUT2D eigenvalue weighted by Gasteiger charge is 2.28. The van der Waals surface area contributed by atoms with Gasteiger partial charge in [0.05, 0.1) is 0 Å². The summed E-state index contributed by atoms with van der Waals surface area (Å²) >= 11 is 0. The molecule has 0 spiro atoms. The third kappa shape index (κ3) is 3.97. The number of hydrogen-bond donors (Lipinski definition) is 0. The second kappa shape index (κ2) is 6.72. The average molecular weight is 246 g/mol. The lowest BCUT2D eigenvalue weighted by atomic mass is 9.78. The Balaban J connectivity index is 2.61. The van der Waals surface area contributed by atoms with Crippen LogP contribution in [-0.4, -0.2) is 5.78 Å². The molecule has 1 nitrogen and oxygen atoms in total. The molecule has 0 saturated heterocycles. The summed E-state index contributed by atoms with van der Waals surface area (Å²) < 4.78 is 0. The number of Topliss-reactive ketones (excluding diaryl/α,β-unsaturated/α-hetero) is 1. The van der Waals surface area contributed by atoms with Crippen LogP contribution in [0.1, 0.15) is 64.0 Å². The van der Waals surface area contributed by atoms with Crippen LogP contribution < -0.4 is 0 Å². The van der Waals surface area contributed by atoms with Crippen molar-refractivity contribution in [2.75, 3.05) is 0 Å². The lowest BCUT2D eigenvalue weighted by Gasteiger charge is -2.24. The first-order valence-electron chi connectivity index (χ1n) is 7.09. The molecule has 1 heteroatoms. The zero-order valence-corrected chi connectivity index (χ0v) is 12.3. The summed E-state index contributed by atoms with van der Waals surface area (Å²) in [7, 11) is 0. The third-order valence-corrected chi connectivity index (χ3v) is 3.73. The van der Waals surface area contributed by atoms with Gasteiger partial charge in [-0.2, -0.15) is 0 Å². The number of rotatable bonds is 7. The standard InChI is InChI=1S/C17H26O/c1-5-6-7-8-9-16(18)17(3,4)15-12-10-14(2)11-13-15/h10-13H,5-9H2,1-4H3. The molecule has 1 rings (SSSR count). The van der Waals surface area contributed by atoms with E-state index >= 15 is 0 Å². The zero-order chi connectivity index (χ0) is 13.6. The van der Waals surface area contributed by atoms with Gasteiger partial charge in [0.2, 0.25) is 0 Å². The number of ketones is 1. The van der Waals surface area contributed by atoms with Gasteiger partial charge in [0, 0.05) is 11.8 Å². The predicted octanol–water partition coefficient (Wildman–Crippen LogP) is 4.81. The topological polar surface area (TPSA) is 17.1 Å². The lowest BCUT2D eigenvalue weighted by molar-refractivity contribution is -0.123. The summed E-state index contributed by atoms with van der Waals surface area (Å²) in [6, 6.07) is 8.33. The van der Waals surface area contributed by atoms with Gasteiger partial charge < -0.3 is 0 Å². The third-order valence-electron chi connectivity index (χ3n) is 3.73. The molecule has 0 atom stereocenters. The number of unbranched alkanes of at least 4 members (excludes halogenated alkanes) is 3. The van der Waals surface area contributed by atoms with E-state index in [9.17, 15) is 4.79 Å². The molecular weight excluding hydrogens is 220 g/mol. The van der Waals surface area contributed by atoms with Crippen LogP contribution in [0.25, 0.3) is 0 Å². The highest BCUT2D eigenvalue weighted by molar-refractivity contribution is 5.89. The molecule has 0 N–H and O–H groups in total. The molecule has 0 heterocycles. The Bertz CT molecular complexity index is 373. The maximum atomic E-state index is 12.3. The Morgan fingerprint density at radius 3 is 2.22 bits per heavy atom. The highest BCUT2D eigenvalue weighted by Crippen LogP contribution is 2.26. The van der Waals surface area contributed by atoms with Crippen molar-refractivity contribution in [2.24, 2.45) is 0 Å². The molecule has 0 amide bonds. The van der Waals surface area contributed by atoms with Gasteiger partial charge >= 0.3 is 0 Å². The monoisotopic (exact) mass is 246 g/mol. The first-order valence-corrected chi connectivity index (χ1v) is 7.09. The summed E-state index contributed by atoms with van der Waals surface area (Å²) in [6.07, 6.45) is 5.36. The molecule has 1 aromatic carbocycles. The smallest absolute Gasteiger partial charge is 0.142 e. The quantitative estimate of drug-likeness (QED) is 0.631. The van der Waals surface area contributed by atoms with Crippen LogP contribution in [0.5, 0.6) is 0 Å². The van der Waals surface area contributed by atoms with E-state index in [4.69, 9.17) is 0 Å². The van der Waals surface area contributed by atoms with Gasteiger partial charge in [0.15, 0.2) is 0 Å². The zero-order valence-electron chi connectivity index (χ0n) is 12.3. The SMILES string of the molecule is CCCCCCC(=O)C(C)(C)c1ccc(C)cc1. The minimum atomic E-state index is -0.347. The van der Waals surface area contributed by atoms with Crippen molar-refractivity contribution in [1.82, 2.24) is 0 Å². The van der Waals surface area contributed by atoms with E-state index in [0.717, 1.165) is 12.0 Å². The first kappa shape index (κ1) is 14.9. The second-order valence-corrected chi connectivity index (χ2v) is 5.72. The molecule has 0 aliphatic carbocycles. The van der Waals surface area contributed by atoms with Crippen molar-refractivity contribution in [3.8, 4) is 0 Å². The maximum absolute atomic E-state index is 12.3. The van der Waals surface area contributed by atoms with Gasteiger partial charge in [-0.05, 0) is 32.8 Å². The number of benzene rings is 1. The number of carbonyl (C=O) groups is 1. The van der Waals surface area contributed by atoms with Crippen LogP contribution in [0.3, 0.4) is 0 Å². The Labute approximate surface area is 112 Å². The van der Waals surface area contributed by atoms with E-state index in [0.29, 0.717) is 12.2 Å². The van der Waals surface area contributed by atoms with E-state index in [2.05, 4.69) is 38.1 Å². The van der Waals surface area contributed by atoms with E-state index in [-0.39, 0.29) is 5.41 Å². The lowest BCUT2D eigenvalue weighted by Crippen LogP contribution is -2.28. The molecule has 0 saturated carbocycles. The van der Waals surface area contributed by atoms with Crippen LogP contribution in [0, 0.1) is 6.92 Å². The minimum Gasteiger partial charge on any atom is -0.299 e. The van der Waals surface area contributed by atoms with Gasteiger partial charge in [-0.15, -0.1) is 0 Å². The van der Waals surface area contributed by atoms with Crippen LogP contribution in [0.15, 0.2) is 24.3 Å². The number of carbonyl (C=O) groups excluding carboxylic acids is 1. The second-order valence-electron chi connectivity index (χ2n) is 5.72. The Morgan fingerprint density at radius 1 is 1.06 bits per heavy atom. The summed E-state index contributed by atoms with van der Waals surface area (Å²) in [4.78, 5) is 12.3. The van der Waals surface area contributed by atoms with Gasteiger partial charge in [-0.1, -0.05) is 56.0 Å². The number of aryl methyl sites for hydroxylation is 1. The Hall–Kier alpha value is -1.11. The molecule has 0 radical (unpaired) electrons. The average Bonchev–Trinajstić information content (AvgIpc) is 2.35. The van der Waals surface area contributed by atoms with E-state index in [1.807, 2.05) is 13.8 Å². The molecule has 0 aliphatic heterocycles. The van der Waals surface area contributed by atoms with Crippen molar-refractivity contribution >= 4 is 5.78 Å². The van der Waals surface area contributed by atoms with Crippen molar-refractivity contribution in [3.05, 3.63) is 35.4 Å².